The van der Waals surface area contributed by atoms with Crippen LogP contribution >= 0.6 is 0 Å². The molecule has 0 aliphatic heterocycles. The quantitative estimate of drug-likeness (QED) is 0.379. The molecule has 0 saturated heterocycles. The van der Waals surface area contributed by atoms with Gasteiger partial charge in [-0.3, -0.25) is 4.79 Å². The summed E-state index contributed by atoms with van der Waals surface area (Å²) in [5, 5.41) is 3.37. The lowest BCUT2D eigenvalue weighted by molar-refractivity contribution is 0.0981. The molecule has 3 heteroatoms. The van der Waals surface area contributed by atoms with Gasteiger partial charge in [0.25, 0.3) is 0 Å². The number of ketones is 1. The first kappa shape index (κ1) is 18.4. The van der Waals surface area contributed by atoms with Gasteiger partial charge in [-0.1, -0.05) is 26.8 Å². The Balaban J connectivity index is 2.65. The normalized spacial score (nSPS) is 10.7. The molecule has 0 amide bonds. The van der Waals surface area contributed by atoms with Gasteiger partial charge in [0.05, 0.1) is 6.61 Å². The van der Waals surface area contributed by atoms with Gasteiger partial charge < -0.3 is 10.1 Å². The highest BCUT2D eigenvalue weighted by Gasteiger charge is 2.09. The van der Waals surface area contributed by atoms with E-state index in [1.165, 1.54) is 0 Å². The molecule has 1 aromatic carbocycles. The second-order valence-corrected chi connectivity index (χ2v) is 5.80. The lowest BCUT2D eigenvalue weighted by Crippen LogP contribution is -2.24. The highest BCUT2D eigenvalue weighted by atomic mass is 16.5. The molecule has 0 fully saturated rings. The largest absolute Gasteiger partial charge is 0.493 e. The Morgan fingerprint density at radius 1 is 1.41 bits per heavy atom. The number of carbonyl (C=O) groups is 1. The summed E-state index contributed by atoms with van der Waals surface area (Å²) in [6.45, 7) is 11.7. The van der Waals surface area contributed by atoms with Crippen molar-refractivity contribution in [2.24, 2.45) is 0 Å². The lowest BCUT2D eigenvalue weighted by Gasteiger charge is -2.13. The molecule has 1 rings (SSSR count). The van der Waals surface area contributed by atoms with E-state index < -0.39 is 0 Å². The van der Waals surface area contributed by atoms with Crippen molar-refractivity contribution in [2.45, 2.75) is 52.5 Å². The maximum atomic E-state index is 12.0. The van der Waals surface area contributed by atoms with Crippen LogP contribution in [-0.2, 0) is 6.42 Å². The molecular weight excluding hydrogens is 274 g/mol. The summed E-state index contributed by atoms with van der Waals surface area (Å²) < 4.78 is 5.87. The molecule has 0 aliphatic carbocycles. The van der Waals surface area contributed by atoms with Crippen LogP contribution in [0.15, 0.2) is 30.9 Å². The van der Waals surface area contributed by atoms with Gasteiger partial charge in [0.15, 0.2) is 5.78 Å². The van der Waals surface area contributed by atoms with E-state index in [-0.39, 0.29) is 5.78 Å². The van der Waals surface area contributed by atoms with E-state index in [4.69, 9.17) is 4.74 Å². The molecular formula is C19H29NO2. The van der Waals surface area contributed by atoms with Crippen LogP contribution in [-0.4, -0.2) is 25.0 Å². The standard InChI is InChI=1S/C19H29NO2/c1-5-8-17-14-16(18(21)9-6-2)10-11-19(17)22-13-7-12-20-15(3)4/h5,10-11,14-15,20H,1,6-9,12-13H2,2-4H3. The van der Waals surface area contributed by atoms with Gasteiger partial charge in [-0.25, -0.2) is 0 Å². The average molecular weight is 303 g/mol. The second kappa shape index (κ2) is 10.2. The molecule has 1 N–H and O–H groups in total. The number of rotatable bonds is 11. The number of benzene rings is 1. The molecule has 0 unspecified atom stereocenters. The molecule has 1 aromatic rings. The van der Waals surface area contributed by atoms with Gasteiger partial charge in [0.1, 0.15) is 5.75 Å². The van der Waals surface area contributed by atoms with E-state index >= 15 is 0 Å². The Hall–Kier alpha value is -1.61. The van der Waals surface area contributed by atoms with Crippen LogP contribution in [0.3, 0.4) is 0 Å². The van der Waals surface area contributed by atoms with Crippen molar-refractivity contribution in [3.63, 3.8) is 0 Å². The Bertz CT molecular complexity index is 480. The molecule has 0 atom stereocenters. The fraction of sp³-hybridized carbons (Fsp3) is 0.526. The predicted octanol–water partition coefficient (Wildman–Crippen LogP) is 4.16. The number of carbonyl (C=O) groups excluding carboxylic acids is 1. The summed E-state index contributed by atoms with van der Waals surface area (Å²) >= 11 is 0. The highest BCUT2D eigenvalue weighted by Crippen LogP contribution is 2.22. The summed E-state index contributed by atoms with van der Waals surface area (Å²) in [6, 6.07) is 6.23. The van der Waals surface area contributed by atoms with Crippen molar-refractivity contribution in [3.05, 3.63) is 42.0 Å². The van der Waals surface area contributed by atoms with Gasteiger partial charge in [-0.2, -0.15) is 0 Å². The first-order chi connectivity index (χ1) is 10.6. The van der Waals surface area contributed by atoms with Gasteiger partial charge >= 0.3 is 0 Å². The Kier molecular flexibility index (Phi) is 8.53. The van der Waals surface area contributed by atoms with Gasteiger partial charge in [0, 0.05) is 18.0 Å². The molecule has 0 radical (unpaired) electrons. The maximum Gasteiger partial charge on any atom is 0.162 e. The van der Waals surface area contributed by atoms with E-state index in [2.05, 4.69) is 25.7 Å². The van der Waals surface area contributed by atoms with E-state index in [0.29, 0.717) is 25.5 Å². The average Bonchev–Trinajstić information content (AvgIpc) is 2.48. The Morgan fingerprint density at radius 3 is 2.82 bits per heavy atom. The van der Waals surface area contributed by atoms with E-state index in [0.717, 1.165) is 36.3 Å². The zero-order chi connectivity index (χ0) is 16.4. The predicted molar refractivity (Wildman–Crippen MR) is 92.8 cm³/mol. The number of nitrogens with one attached hydrogen (secondary N) is 1. The van der Waals surface area contributed by atoms with Crippen LogP contribution in [0.25, 0.3) is 0 Å². The lowest BCUT2D eigenvalue weighted by atomic mass is 10.0. The summed E-state index contributed by atoms with van der Waals surface area (Å²) in [5.74, 6) is 1.05. The summed E-state index contributed by atoms with van der Waals surface area (Å²) in [5.41, 5.74) is 1.81. The molecule has 122 valence electrons. The molecule has 3 nitrogen and oxygen atoms in total. The summed E-state index contributed by atoms with van der Waals surface area (Å²) in [7, 11) is 0. The van der Waals surface area contributed by atoms with Crippen molar-refractivity contribution in [3.8, 4) is 5.75 Å². The molecule has 0 aromatic heterocycles. The second-order valence-electron chi connectivity index (χ2n) is 5.80. The third-order valence-electron chi connectivity index (χ3n) is 3.36. The number of Topliss-reactive ketones (excluding diaryl/α,β-unsaturated/α-hetero) is 1. The fourth-order valence-corrected chi connectivity index (χ4v) is 2.23. The number of hydrogen-bond donors (Lipinski definition) is 1. The zero-order valence-corrected chi connectivity index (χ0v) is 14.2. The smallest absolute Gasteiger partial charge is 0.162 e. The van der Waals surface area contributed by atoms with Crippen LogP contribution in [0.5, 0.6) is 5.75 Å². The van der Waals surface area contributed by atoms with Crippen molar-refractivity contribution in [2.75, 3.05) is 13.2 Å². The summed E-state index contributed by atoms with van der Waals surface area (Å²) in [4.78, 5) is 12.0. The molecule has 0 saturated carbocycles. The van der Waals surface area contributed by atoms with Crippen molar-refractivity contribution < 1.29 is 9.53 Å². The SMILES string of the molecule is C=CCc1cc(C(=O)CCC)ccc1OCCCNC(C)C. The van der Waals surface area contributed by atoms with Gasteiger partial charge in [0.2, 0.25) is 0 Å². The molecule has 0 heterocycles. The van der Waals surface area contributed by atoms with Crippen molar-refractivity contribution in [1.82, 2.24) is 5.32 Å². The first-order valence-corrected chi connectivity index (χ1v) is 8.21. The van der Waals surface area contributed by atoms with Crippen LogP contribution in [0.2, 0.25) is 0 Å². The number of hydrogen-bond acceptors (Lipinski definition) is 3. The van der Waals surface area contributed by atoms with Crippen molar-refractivity contribution in [1.29, 1.82) is 0 Å². The number of allylic oxidation sites excluding steroid dienone is 1. The van der Waals surface area contributed by atoms with E-state index in [1.807, 2.05) is 31.2 Å². The Morgan fingerprint density at radius 2 is 2.18 bits per heavy atom. The first-order valence-electron chi connectivity index (χ1n) is 8.21. The minimum absolute atomic E-state index is 0.195. The van der Waals surface area contributed by atoms with Crippen LogP contribution in [0.1, 0.15) is 56.0 Å². The summed E-state index contributed by atoms with van der Waals surface area (Å²) in [6.07, 6.45) is 4.98. The molecule has 22 heavy (non-hydrogen) atoms. The Labute approximate surface area is 134 Å². The molecule has 0 bridgehead atoms. The van der Waals surface area contributed by atoms with E-state index in [1.54, 1.807) is 0 Å². The highest BCUT2D eigenvalue weighted by molar-refractivity contribution is 5.96. The maximum absolute atomic E-state index is 12.0. The van der Waals surface area contributed by atoms with Crippen LogP contribution in [0, 0.1) is 0 Å². The van der Waals surface area contributed by atoms with E-state index in [9.17, 15) is 4.79 Å². The molecule has 0 aliphatic rings. The minimum Gasteiger partial charge on any atom is -0.493 e. The van der Waals surface area contributed by atoms with Gasteiger partial charge in [-0.05, 0) is 49.6 Å². The van der Waals surface area contributed by atoms with Crippen molar-refractivity contribution >= 4 is 5.78 Å². The zero-order valence-electron chi connectivity index (χ0n) is 14.2. The fourth-order valence-electron chi connectivity index (χ4n) is 2.23. The molecule has 0 spiro atoms. The monoisotopic (exact) mass is 303 g/mol. The van der Waals surface area contributed by atoms with Gasteiger partial charge in [-0.15, -0.1) is 6.58 Å². The number of ether oxygens (including phenoxy) is 1. The van der Waals surface area contributed by atoms with Crippen LogP contribution < -0.4 is 10.1 Å². The third kappa shape index (κ3) is 6.44. The third-order valence-corrected chi connectivity index (χ3v) is 3.36. The topological polar surface area (TPSA) is 38.3 Å². The minimum atomic E-state index is 0.195. The van der Waals surface area contributed by atoms with Crippen LogP contribution in [0.4, 0.5) is 0 Å².